The van der Waals surface area contributed by atoms with E-state index in [-0.39, 0.29) is 5.91 Å². The second kappa shape index (κ2) is 9.87. The number of amidine groups is 1. The fourth-order valence-electron chi connectivity index (χ4n) is 3.67. The SMILES string of the molecule is Cc1ccc(N=C2NC(=O)/C(=C/c3ccc(OCc4cccc5ccccc45)c(Br)c3)S2)cc1. The molecular formula is C28H21BrN2O2S. The Morgan fingerprint density at radius 1 is 1.00 bits per heavy atom. The molecule has 1 aliphatic rings. The monoisotopic (exact) mass is 528 g/mol. The molecule has 1 saturated heterocycles. The van der Waals surface area contributed by atoms with Crippen LogP contribution in [-0.2, 0) is 11.4 Å². The summed E-state index contributed by atoms with van der Waals surface area (Å²) in [6.45, 7) is 2.50. The lowest BCUT2D eigenvalue weighted by Crippen LogP contribution is -2.19. The molecule has 0 saturated carbocycles. The van der Waals surface area contributed by atoms with Crippen molar-refractivity contribution >= 4 is 61.3 Å². The summed E-state index contributed by atoms with van der Waals surface area (Å²) in [4.78, 5) is 17.6. The number of carbonyl (C=O) groups is 1. The highest BCUT2D eigenvalue weighted by Crippen LogP contribution is 2.32. The van der Waals surface area contributed by atoms with Gasteiger partial charge in [-0.2, -0.15) is 0 Å². The van der Waals surface area contributed by atoms with Crippen molar-refractivity contribution in [3.8, 4) is 5.75 Å². The molecule has 6 heteroatoms. The van der Waals surface area contributed by atoms with Gasteiger partial charge in [-0.25, -0.2) is 4.99 Å². The van der Waals surface area contributed by atoms with E-state index >= 15 is 0 Å². The standard InChI is InChI=1S/C28H21BrN2O2S/c1-18-9-12-22(13-10-18)30-28-31-27(32)26(34-28)16-19-11-14-25(24(29)15-19)33-17-21-7-4-6-20-5-2-3-8-23(20)21/h2-16H,17H2,1H3,(H,30,31,32)/b26-16-. The molecule has 0 unspecified atom stereocenters. The first-order valence-corrected chi connectivity index (χ1v) is 12.4. The summed E-state index contributed by atoms with van der Waals surface area (Å²) >= 11 is 4.95. The zero-order chi connectivity index (χ0) is 23.5. The Hall–Kier alpha value is -3.35. The summed E-state index contributed by atoms with van der Waals surface area (Å²) in [5.74, 6) is 0.600. The van der Waals surface area contributed by atoms with E-state index in [9.17, 15) is 4.79 Å². The maximum Gasteiger partial charge on any atom is 0.264 e. The lowest BCUT2D eigenvalue weighted by molar-refractivity contribution is -0.115. The molecule has 1 heterocycles. The van der Waals surface area contributed by atoms with Gasteiger partial charge in [0.15, 0.2) is 5.17 Å². The number of nitrogens with one attached hydrogen (secondary N) is 1. The number of rotatable bonds is 5. The van der Waals surface area contributed by atoms with Crippen LogP contribution in [0.2, 0.25) is 0 Å². The number of benzene rings is 4. The Balaban J connectivity index is 1.29. The predicted octanol–water partition coefficient (Wildman–Crippen LogP) is 7.38. The number of hydrogen-bond acceptors (Lipinski definition) is 4. The summed E-state index contributed by atoms with van der Waals surface area (Å²) < 4.78 is 6.93. The third kappa shape index (κ3) is 5.08. The average Bonchev–Trinajstić information content (AvgIpc) is 3.18. The largest absolute Gasteiger partial charge is 0.488 e. The molecule has 1 aliphatic heterocycles. The minimum Gasteiger partial charge on any atom is -0.488 e. The lowest BCUT2D eigenvalue weighted by atomic mass is 10.1. The van der Waals surface area contributed by atoms with Crippen molar-refractivity contribution in [1.29, 1.82) is 0 Å². The van der Waals surface area contributed by atoms with Crippen LogP contribution in [0.5, 0.6) is 5.75 Å². The number of fused-ring (bicyclic) bond motifs is 1. The molecule has 1 amide bonds. The van der Waals surface area contributed by atoms with Gasteiger partial charge in [0, 0.05) is 0 Å². The lowest BCUT2D eigenvalue weighted by Gasteiger charge is -2.11. The van der Waals surface area contributed by atoms with Crippen molar-refractivity contribution < 1.29 is 9.53 Å². The molecule has 0 aromatic heterocycles. The smallest absolute Gasteiger partial charge is 0.264 e. The molecule has 1 fully saturated rings. The Labute approximate surface area is 210 Å². The predicted molar refractivity (Wildman–Crippen MR) is 144 cm³/mol. The number of aryl methyl sites for hydroxylation is 1. The van der Waals surface area contributed by atoms with Gasteiger partial charge in [0.1, 0.15) is 12.4 Å². The fourth-order valence-corrected chi connectivity index (χ4v) is 5.02. The summed E-state index contributed by atoms with van der Waals surface area (Å²) in [6, 6.07) is 28.2. The van der Waals surface area contributed by atoms with E-state index in [1.54, 1.807) is 0 Å². The van der Waals surface area contributed by atoms with Crippen LogP contribution in [-0.4, -0.2) is 11.1 Å². The summed E-state index contributed by atoms with van der Waals surface area (Å²) in [6.07, 6.45) is 1.86. The van der Waals surface area contributed by atoms with Crippen molar-refractivity contribution in [3.63, 3.8) is 0 Å². The van der Waals surface area contributed by atoms with Gasteiger partial charge < -0.3 is 10.1 Å². The van der Waals surface area contributed by atoms with E-state index < -0.39 is 0 Å². The van der Waals surface area contributed by atoms with Crippen LogP contribution in [0.15, 0.2) is 99.3 Å². The van der Waals surface area contributed by atoms with E-state index in [4.69, 9.17) is 4.74 Å². The number of hydrogen-bond donors (Lipinski definition) is 1. The highest BCUT2D eigenvalue weighted by Gasteiger charge is 2.23. The van der Waals surface area contributed by atoms with Crippen LogP contribution >= 0.6 is 27.7 Å². The number of amides is 1. The van der Waals surface area contributed by atoms with E-state index in [2.05, 4.69) is 50.5 Å². The van der Waals surface area contributed by atoms with Crippen LogP contribution in [0.25, 0.3) is 16.8 Å². The van der Waals surface area contributed by atoms with Crippen molar-refractivity contribution in [2.24, 2.45) is 4.99 Å². The third-order valence-corrected chi connectivity index (χ3v) is 6.96. The average molecular weight is 529 g/mol. The van der Waals surface area contributed by atoms with Gasteiger partial charge in [-0.1, -0.05) is 66.2 Å². The van der Waals surface area contributed by atoms with Gasteiger partial charge in [0.05, 0.1) is 15.1 Å². The molecule has 0 aliphatic carbocycles. The molecular weight excluding hydrogens is 508 g/mol. The van der Waals surface area contributed by atoms with Crippen LogP contribution < -0.4 is 10.1 Å². The molecule has 34 heavy (non-hydrogen) atoms. The van der Waals surface area contributed by atoms with E-state index in [0.29, 0.717) is 16.7 Å². The molecule has 4 aromatic carbocycles. The minimum absolute atomic E-state index is 0.150. The number of ether oxygens (including phenoxy) is 1. The Bertz CT molecular complexity index is 1440. The van der Waals surface area contributed by atoms with Crippen LogP contribution in [0.1, 0.15) is 16.7 Å². The quantitative estimate of drug-likeness (QED) is 0.275. The molecule has 168 valence electrons. The first kappa shape index (κ1) is 22.4. The van der Waals surface area contributed by atoms with Gasteiger partial charge in [0.25, 0.3) is 5.91 Å². The molecule has 0 atom stereocenters. The van der Waals surface area contributed by atoms with Crippen LogP contribution in [0, 0.1) is 6.92 Å². The van der Waals surface area contributed by atoms with Gasteiger partial charge in [-0.15, -0.1) is 0 Å². The molecule has 0 spiro atoms. The second-order valence-corrected chi connectivity index (χ2v) is 9.82. The summed E-state index contributed by atoms with van der Waals surface area (Å²) in [5.41, 5.74) is 4.02. The summed E-state index contributed by atoms with van der Waals surface area (Å²) in [5, 5.41) is 5.80. The van der Waals surface area contributed by atoms with Gasteiger partial charge in [-0.3, -0.25) is 4.79 Å². The van der Waals surface area contributed by atoms with Crippen molar-refractivity contribution in [3.05, 3.63) is 111 Å². The van der Waals surface area contributed by atoms with Crippen molar-refractivity contribution in [2.45, 2.75) is 13.5 Å². The third-order valence-electron chi connectivity index (χ3n) is 5.43. The molecule has 0 radical (unpaired) electrons. The number of aliphatic imine (C=N–C) groups is 1. The zero-order valence-electron chi connectivity index (χ0n) is 18.4. The van der Waals surface area contributed by atoms with E-state index in [0.717, 1.165) is 27.0 Å². The van der Waals surface area contributed by atoms with E-state index in [1.807, 2.05) is 73.7 Å². The minimum atomic E-state index is -0.150. The van der Waals surface area contributed by atoms with E-state index in [1.165, 1.54) is 28.1 Å². The normalized spacial score (nSPS) is 15.8. The highest BCUT2D eigenvalue weighted by molar-refractivity contribution is 9.10. The zero-order valence-corrected chi connectivity index (χ0v) is 20.8. The first-order chi connectivity index (χ1) is 16.5. The fraction of sp³-hybridized carbons (Fsp3) is 0.0714. The first-order valence-electron chi connectivity index (χ1n) is 10.8. The second-order valence-electron chi connectivity index (χ2n) is 7.93. The maximum absolute atomic E-state index is 12.4. The topological polar surface area (TPSA) is 50.7 Å². The Morgan fingerprint density at radius 3 is 2.62 bits per heavy atom. The van der Waals surface area contributed by atoms with Crippen LogP contribution in [0.3, 0.4) is 0 Å². The number of thioether (sulfide) groups is 1. The molecule has 5 rings (SSSR count). The van der Waals surface area contributed by atoms with Gasteiger partial charge >= 0.3 is 0 Å². The molecule has 1 N–H and O–H groups in total. The number of nitrogens with zero attached hydrogens (tertiary/aromatic N) is 1. The Kier molecular flexibility index (Phi) is 6.52. The molecule has 0 bridgehead atoms. The van der Waals surface area contributed by atoms with Crippen molar-refractivity contribution in [1.82, 2.24) is 5.32 Å². The number of carbonyl (C=O) groups excluding carboxylic acids is 1. The summed E-state index contributed by atoms with van der Waals surface area (Å²) in [7, 11) is 0. The highest BCUT2D eigenvalue weighted by atomic mass is 79.9. The van der Waals surface area contributed by atoms with Crippen molar-refractivity contribution in [2.75, 3.05) is 0 Å². The Morgan fingerprint density at radius 2 is 1.79 bits per heavy atom. The number of halogens is 1. The van der Waals surface area contributed by atoms with Gasteiger partial charge in [0.2, 0.25) is 0 Å². The molecule has 4 aromatic rings. The maximum atomic E-state index is 12.4. The molecule has 4 nitrogen and oxygen atoms in total. The van der Waals surface area contributed by atoms with Crippen LogP contribution in [0.4, 0.5) is 5.69 Å². The van der Waals surface area contributed by atoms with Gasteiger partial charge in [-0.05, 0) is 86.9 Å².